The van der Waals surface area contributed by atoms with Crippen molar-refractivity contribution >= 4 is 45.5 Å². The number of hydrogen-bond donors (Lipinski definition) is 2. The van der Waals surface area contributed by atoms with Crippen molar-refractivity contribution in [3.8, 4) is 11.3 Å². The van der Waals surface area contributed by atoms with E-state index in [2.05, 4.69) is 20.3 Å². The Morgan fingerprint density at radius 2 is 1.97 bits per heavy atom. The number of nitro benzene ring substituents is 1. The second-order valence-corrected chi connectivity index (χ2v) is 8.81. The lowest BCUT2D eigenvalue weighted by Crippen LogP contribution is -2.28. The highest BCUT2D eigenvalue weighted by Crippen LogP contribution is 2.35. The SMILES string of the molecule is Cc1cccc2c(-c3nc(Nc4ccc(N(C)CCN(C)C)c([N+](=O)[O-])c4)ncc3Cl)c[nH]c12. The fraction of sp³-hybridized carbons (Fsp3) is 0.250. The van der Waals surface area contributed by atoms with Gasteiger partial charge in [0.1, 0.15) is 5.69 Å². The maximum absolute atomic E-state index is 11.8. The topological polar surface area (TPSA) is 103 Å². The monoisotopic (exact) mass is 479 g/mol. The smallest absolute Gasteiger partial charge is 0.294 e. The zero-order chi connectivity index (χ0) is 24.4. The number of aryl methyl sites for hydroxylation is 1. The minimum atomic E-state index is -0.380. The number of aromatic nitrogens is 3. The van der Waals surface area contributed by atoms with Crippen LogP contribution >= 0.6 is 11.6 Å². The van der Waals surface area contributed by atoms with Crippen molar-refractivity contribution < 1.29 is 4.92 Å². The Balaban J connectivity index is 1.65. The highest BCUT2D eigenvalue weighted by Gasteiger charge is 2.19. The van der Waals surface area contributed by atoms with Crippen molar-refractivity contribution in [1.82, 2.24) is 19.9 Å². The van der Waals surface area contributed by atoms with Gasteiger partial charge < -0.3 is 20.1 Å². The summed E-state index contributed by atoms with van der Waals surface area (Å²) in [5, 5.41) is 16.3. The number of para-hydroxylation sites is 1. The van der Waals surface area contributed by atoms with Crippen molar-refractivity contribution in [1.29, 1.82) is 0 Å². The first kappa shape index (κ1) is 23.5. The van der Waals surface area contributed by atoms with Gasteiger partial charge in [-0.15, -0.1) is 0 Å². The van der Waals surface area contributed by atoms with E-state index in [1.165, 1.54) is 12.3 Å². The minimum absolute atomic E-state index is 0.00699. The summed E-state index contributed by atoms with van der Waals surface area (Å²) in [7, 11) is 5.77. The number of halogens is 1. The third-order valence-electron chi connectivity index (χ3n) is 5.65. The highest BCUT2D eigenvalue weighted by atomic mass is 35.5. The number of benzene rings is 2. The molecule has 9 nitrogen and oxygen atoms in total. The molecule has 0 aliphatic heterocycles. The van der Waals surface area contributed by atoms with Gasteiger partial charge in [0, 0.05) is 54.6 Å². The molecule has 0 spiro atoms. The molecule has 2 N–H and O–H groups in total. The van der Waals surface area contributed by atoms with Crippen molar-refractivity contribution in [2.24, 2.45) is 0 Å². The molecule has 0 saturated heterocycles. The summed E-state index contributed by atoms with van der Waals surface area (Å²) in [5.74, 6) is 0.296. The average molecular weight is 480 g/mol. The van der Waals surface area contributed by atoms with E-state index in [9.17, 15) is 10.1 Å². The first-order valence-corrected chi connectivity index (χ1v) is 11.1. The highest BCUT2D eigenvalue weighted by molar-refractivity contribution is 6.33. The molecule has 0 amide bonds. The van der Waals surface area contributed by atoms with E-state index < -0.39 is 0 Å². The van der Waals surface area contributed by atoms with Crippen molar-refractivity contribution in [3.05, 3.63) is 69.5 Å². The van der Waals surface area contributed by atoms with Gasteiger partial charge in [0.15, 0.2) is 0 Å². The Labute approximate surface area is 202 Å². The van der Waals surface area contributed by atoms with Crippen LogP contribution in [-0.2, 0) is 0 Å². The lowest BCUT2D eigenvalue weighted by molar-refractivity contribution is -0.384. The molecule has 0 atom stereocenters. The van der Waals surface area contributed by atoms with E-state index >= 15 is 0 Å². The molecule has 2 aromatic heterocycles. The van der Waals surface area contributed by atoms with Crippen LogP contribution < -0.4 is 10.2 Å². The van der Waals surface area contributed by atoms with Crippen LogP contribution in [-0.4, -0.2) is 59.0 Å². The fourth-order valence-corrected chi connectivity index (χ4v) is 3.98. The molecule has 4 aromatic rings. The van der Waals surface area contributed by atoms with Crippen molar-refractivity contribution in [3.63, 3.8) is 0 Å². The van der Waals surface area contributed by atoms with Gasteiger partial charge in [-0.25, -0.2) is 9.97 Å². The Hall–Kier alpha value is -3.69. The van der Waals surface area contributed by atoms with Crippen LogP contribution in [0.15, 0.2) is 48.8 Å². The quantitative estimate of drug-likeness (QED) is 0.263. The second kappa shape index (κ2) is 9.66. The van der Waals surface area contributed by atoms with E-state index in [4.69, 9.17) is 11.6 Å². The van der Waals surface area contributed by atoms with E-state index in [0.29, 0.717) is 34.6 Å². The minimum Gasteiger partial charge on any atom is -0.368 e. The van der Waals surface area contributed by atoms with Gasteiger partial charge in [-0.3, -0.25) is 10.1 Å². The Kier molecular flexibility index (Phi) is 6.67. The average Bonchev–Trinajstić information content (AvgIpc) is 3.24. The van der Waals surface area contributed by atoms with Crippen molar-refractivity contribution in [2.45, 2.75) is 6.92 Å². The molecule has 0 unspecified atom stereocenters. The molecule has 10 heteroatoms. The zero-order valence-electron chi connectivity index (χ0n) is 19.5. The molecule has 0 saturated carbocycles. The molecule has 0 aliphatic rings. The number of rotatable bonds is 8. The van der Waals surface area contributed by atoms with E-state index in [1.807, 2.05) is 62.3 Å². The molecule has 2 heterocycles. The first-order valence-electron chi connectivity index (χ1n) is 10.8. The summed E-state index contributed by atoms with van der Waals surface area (Å²) in [6.07, 6.45) is 3.40. The van der Waals surface area contributed by atoms with Gasteiger partial charge in [-0.1, -0.05) is 29.8 Å². The third-order valence-corrected chi connectivity index (χ3v) is 5.92. The predicted octanol–water partition coefficient (Wildman–Crippen LogP) is 5.24. The lowest BCUT2D eigenvalue weighted by Gasteiger charge is -2.21. The first-order chi connectivity index (χ1) is 16.2. The van der Waals surface area contributed by atoms with E-state index in [1.54, 1.807) is 12.1 Å². The lowest BCUT2D eigenvalue weighted by atomic mass is 10.1. The number of hydrogen-bond acceptors (Lipinski definition) is 7. The van der Waals surface area contributed by atoms with Crippen LogP contribution in [0.1, 0.15) is 5.56 Å². The maximum atomic E-state index is 11.8. The van der Waals surface area contributed by atoms with Gasteiger partial charge in [-0.05, 0) is 38.7 Å². The van der Waals surface area contributed by atoms with Gasteiger partial charge in [0.05, 0.1) is 21.8 Å². The molecule has 4 rings (SSSR count). The van der Waals surface area contributed by atoms with Gasteiger partial charge in [0.2, 0.25) is 5.95 Å². The number of nitrogens with one attached hydrogen (secondary N) is 2. The molecule has 34 heavy (non-hydrogen) atoms. The van der Waals surface area contributed by atoms with Gasteiger partial charge in [-0.2, -0.15) is 0 Å². The van der Waals surface area contributed by atoms with Crippen LogP contribution in [0.3, 0.4) is 0 Å². The normalized spacial score (nSPS) is 11.2. The van der Waals surface area contributed by atoms with Crippen LogP contribution in [0.2, 0.25) is 5.02 Å². The number of nitro groups is 1. The zero-order valence-corrected chi connectivity index (χ0v) is 20.2. The molecule has 0 bridgehead atoms. The fourth-order valence-electron chi connectivity index (χ4n) is 3.79. The summed E-state index contributed by atoms with van der Waals surface area (Å²) in [5.41, 5.74) is 4.64. The van der Waals surface area contributed by atoms with E-state index in [-0.39, 0.29) is 10.6 Å². The molecule has 0 aliphatic carbocycles. The van der Waals surface area contributed by atoms with Crippen molar-refractivity contribution in [2.75, 3.05) is 44.4 Å². The predicted molar refractivity (Wildman–Crippen MR) is 137 cm³/mol. The Bertz CT molecular complexity index is 1350. The maximum Gasteiger partial charge on any atom is 0.294 e. The number of nitrogens with zero attached hydrogens (tertiary/aromatic N) is 5. The molecular weight excluding hydrogens is 454 g/mol. The molecular formula is C24H26ClN7O2. The third kappa shape index (κ3) is 4.80. The molecule has 0 fully saturated rings. The molecule has 2 aromatic carbocycles. The summed E-state index contributed by atoms with van der Waals surface area (Å²) < 4.78 is 0. The standard InChI is InChI=1S/C24H26ClN7O2/c1-15-6-5-7-17-18(13-26-22(15)17)23-19(25)14-27-24(29-23)28-16-8-9-20(21(12-16)32(33)34)31(4)11-10-30(2)3/h5-9,12-14,26H,10-11H2,1-4H3,(H,27,28,29). The van der Waals surface area contributed by atoms with E-state index in [0.717, 1.165) is 28.6 Å². The number of aromatic amines is 1. The molecule has 0 radical (unpaired) electrons. The number of likely N-dealkylation sites (N-methyl/N-ethyl adjacent to an activating group) is 2. The number of fused-ring (bicyclic) bond motifs is 1. The summed E-state index contributed by atoms with van der Waals surface area (Å²) in [4.78, 5) is 27.5. The summed E-state index contributed by atoms with van der Waals surface area (Å²) >= 11 is 6.44. The Morgan fingerprint density at radius 1 is 1.18 bits per heavy atom. The second-order valence-electron chi connectivity index (χ2n) is 8.40. The van der Waals surface area contributed by atoms with Gasteiger partial charge in [0.25, 0.3) is 5.69 Å². The van der Waals surface area contributed by atoms with Crippen LogP contribution in [0.5, 0.6) is 0 Å². The van der Waals surface area contributed by atoms with Crippen LogP contribution in [0.4, 0.5) is 23.0 Å². The van der Waals surface area contributed by atoms with Gasteiger partial charge >= 0.3 is 0 Å². The largest absolute Gasteiger partial charge is 0.368 e. The molecule has 176 valence electrons. The Morgan fingerprint density at radius 3 is 2.71 bits per heavy atom. The number of anilines is 3. The summed E-state index contributed by atoms with van der Waals surface area (Å²) in [6, 6.07) is 11.0. The number of H-pyrrole nitrogens is 1. The van der Waals surface area contributed by atoms with Crippen LogP contribution in [0.25, 0.3) is 22.2 Å². The summed E-state index contributed by atoms with van der Waals surface area (Å²) in [6.45, 7) is 3.47. The van der Waals surface area contributed by atoms with Crippen LogP contribution in [0, 0.1) is 17.0 Å².